The van der Waals surface area contributed by atoms with Crippen LogP contribution in [0.3, 0.4) is 0 Å². The Hall–Kier alpha value is 0.140. The van der Waals surface area contributed by atoms with E-state index in [4.69, 9.17) is 9.47 Å². The molecule has 0 amide bonds. The summed E-state index contributed by atoms with van der Waals surface area (Å²) in [6.07, 6.45) is 13.0. The monoisotopic (exact) mass is 306 g/mol. The van der Waals surface area contributed by atoms with E-state index >= 15 is 0 Å². The standard InChI is InChI=1S/C14H27BrO2/c1-2-12-16-14-17-13-10-8-6-4-3-5-7-9-11-15/h6,8H,2-5,7,9-14H2,1H3. The van der Waals surface area contributed by atoms with Crippen LogP contribution in [0.4, 0.5) is 0 Å². The number of ether oxygens (including phenoxy) is 2. The van der Waals surface area contributed by atoms with Crippen molar-refractivity contribution in [1.82, 2.24) is 0 Å². The number of allylic oxidation sites excluding steroid dienone is 1. The van der Waals surface area contributed by atoms with Crippen LogP contribution in [0.25, 0.3) is 0 Å². The topological polar surface area (TPSA) is 18.5 Å². The van der Waals surface area contributed by atoms with Crippen molar-refractivity contribution in [2.75, 3.05) is 25.3 Å². The quantitative estimate of drug-likeness (QED) is 0.213. The van der Waals surface area contributed by atoms with Gasteiger partial charge in [0, 0.05) is 11.9 Å². The maximum atomic E-state index is 5.32. The van der Waals surface area contributed by atoms with Gasteiger partial charge in [0.05, 0.1) is 6.61 Å². The Labute approximate surface area is 115 Å². The summed E-state index contributed by atoms with van der Waals surface area (Å²) < 4.78 is 10.5. The van der Waals surface area contributed by atoms with E-state index in [1.807, 2.05) is 0 Å². The zero-order valence-electron chi connectivity index (χ0n) is 11.1. The fourth-order valence-corrected chi connectivity index (χ4v) is 1.81. The number of alkyl halides is 1. The lowest BCUT2D eigenvalue weighted by Crippen LogP contribution is -2.01. The average Bonchev–Trinajstić information content (AvgIpc) is 2.35. The van der Waals surface area contributed by atoms with Gasteiger partial charge in [0.25, 0.3) is 0 Å². The molecular weight excluding hydrogens is 280 g/mol. The molecule has 0 radical (unpaired) electrons. The lowest BCUT2D eigenvalue weighted by atomic mass is 10.1. The molecule has 0 aliphatic carbocycles. The molecule has 2 nitrogen and oxygen atoms in total. The second-order valence-corrected chi connectivity index (χ2v) is 4.88. The van der Waals surface area contributed by atoms with Crippen molar-refractivity contribution in [3.63, 3.8) is 0 Å². The van der Waals surface area contributed by atoms with Crippen molar-refractivity contribution in [2.24, 2.45) is 0 Å². The zero-order valence-corrected chi connectivity index (χ0v) is 12.7. The predicted molar refractivity (Wildman–Crippen MR) is 77.7 cm³/mol. The molecule has 0 saturated heterocycles. The lowest BCUT2D eigenvalue weighted by Gasteiger charge is -2.02. The zero-order chi connectivity index (χ0) is 12.6. The first-order chi connectivity index (χ1) is 8.41. The number of hydrogen-bond donors (Lipinski definition) is 0. The van der Waals surface area contributed by atoms with E-state index in [1.54, 1.807) is 0 Å². The Balaban J connectivity index is 2.99. The van der Waals surface area contributed by atoms with Gasteiger partial charge in [-0.1, -0.05) is 47.8 Å². The number of unbranched alkanes of at least 4 members (excludes halogenated alkanes) is 4. The highest BCUT2D eigenvalue weighted by atomic mass is 79.9. The third-order valence-electron chi connectivity index (χ3n) is 2.37. The highest BCUT2D eigenvalue weighted by Gasteiger charge is 1.88. The lowest BCUT2D eigenvalue weighted by molar-refractivity contribution is -0.0519. The van der Waals surface area contributed by atoms with Crippen LogP contribution < -0.4 is 0 Å². The molecule has 0 unspecified atom stereocenters. The maximum absolute atomic E-state index is 5.32. The Morgan fingerprint density at radius 1 is 0.882 bits per heavy atom. The van der Waals surface area contributed by atoms with Crippen LogP contribution in [-0.2, 0) is 9.47 Å². The van der Waals surface area contributed by atoms with E-state index in [0.29, 0.717) is 6.79 Å². The summed E-state index contributed by atoms with van der Waals surface area (Å²) in [5.74, 6) is 0. The summed E-state index contributed by atoms with van der Waals surface area (Å²) in [7, 11) is 0. The predicted octanol–water partition coefficient (Wildman–Crippen LogP) is 4.68. The van der Waals surface area contributed by atoms with Crippen LogP contribution in [0.1, 0.15) is 51.9 Å². The van der Waals surface area contributed by atoms with Gasteiger partial charge in [-0.3, -0.25) is 0 Å². The van der Waals surface area contributed by atoms with Crippen molar-refractivity contribution >= 4 is 15.9 Å². The second-order valence-electron chi connectivity index (χ2n) is 4.09. The van der Waals surface area contributed by atoms with Gasteiger partial charge in [0.1, 0.15) is 6.79 Å². The van der Waals surface area contributed by atoms with Gasteiger partial charge in [-0.25, -0.2) is 0 Å². The smallest absolute Gasteiger partial charge is 0.146 e. The molecule has 0 spiro atoms. The Morgan fingerprint density at radius 3 is 2.35 bits per heavy atom. The van der Waals surface area contributed by atoms with E-state index in [2.05, 4.69) is 35.0 Å². The third-order valence-corrected chi connectivity index (χ3v) is 2.93. The van der Waals surface area contributed by atoms with Crippen LogP contribution in [0, 0.1) is 0 Å². The fraction of sp³-hybridized carbons (Fsp3) is 0.857. The highest BCUT2D eigenvalue weighted by Crippen LogP contribution is 2.05. The molecule has 0 aliphatic rings. The molecular formula is C14H27BrO2. The SMILES string of the molecule is CCCOCOCCC=CCCCCCCBr. The summed E-state index contributed by atoms with van der Waals surface area (Å²) in [6, 6.07) is 0. The van der Waals surface area contributed by atoms with Gasteiger partial charge >= 0.3 is 0 Å². The number of rotatable bonds is 13. The van der Waals surface area contributed by atoms with E-state index in [1.165, 1.54) is 32.1 Å². The van der Waals surface area contributed by atoms with Gasteiger partial charge in [-0.15, -0.1) is 0 Å². The Morgan fingerprint density at radius 2 is 1.59 bits per heavy atom. The van der Waals surface area contributed by atoms with E-state index in [-0.39, 0.29) is 0 Å². The summed E-state index contributed by atoms with van der Waals surface area (Å²) in [6.45, 7) is 4.10. The first-order valence-electron chi connectivity index (χ1n) is 6.78. The Bertz CT molecular complexity index is 160. The van der Waals surface area contributed by atoms with Crippen LogP contribution in [-0.4, -0.2) is 25.3 Å². The average molecular weight is 307 g/mol. The molecule has 102 valence electrons. The van der Waals surface area contributed by atoms with Gasteiger partial charge in [0.15, 0.2) is 0 Å². The summed E-state index contributed by atoms with van der Waals surface area (Å²) in [4.78, 5) is 0. The minimum Gasteiger partial charge on any atom is -0.355 e. The molecule has 17 heavy (non-hydrogen) atoms. The molecule has 0 aromatic heterocycles. The number of hydrogen-bond acceptors (Lipinski definition) is 2. The molecule has 0 atom stereocenters. The van der Waals surface area contributed by atoms with Crippen molar-refractivity contribution in [2.45, 2.75) is 51.9 Å². The van der Waals surface area contributed by atoms with E-state index < -0.39 is 0 Å². The van der Waals surface area contributed by atoms with Crippen molar-refractivity contribution in [1.29, 1.82) is 0 Å². The summed E-state index contributed by atoms with van der Waals surface area (Å²) in [5, 5.41) is 1.14. The summed E-state index contributed by atoms with van der Waals surface area (Å²) in [5.41, 5.74) is 0. The molecule has 0 aliphatic heterocycles. The third kappa shape index (κ3) is 16.1. The van der Waals surface area contributed by atoms with Crippen LogP contribution in [0.15, 0.2) is 12.2 Å². The molecule has 0 aromatic carbocycles. The fourth-order valence-electron chi connectivity index (χ4n) is 1.42. The second kappa shape index (κ2) is 16.1. The molecule has 0 saturated carbocycles. The van der Waals surface area contributed by atoms with Gasteiger partial charge in [-0.05, 0) is 32.1 Å². The van der Waals surface area contributed by atoms with Crippen molar-refractivity contribution in [3.8, 4) is 0 Å². The first kappa shape index (κ1) is 17.1. The molecule has 0 heterocycles. The van der Waals surface area contributed by atoms with Crippen LogP contribution >= 0.6 is 15.9 Å². The van der Waals surface area contributed by atoms with E-state index in [0.717, 1.165) is 31.4 Å². The molecule has 0 rings (SSSR count). The van der Waals surface area contributed by atoms with Crippen LogP contribution in [0.5, 0.6) is 0 Å². The summed E-state index contributed by atoms with van der Waals surface area (Å²) >= 11 is 3.44. The first-order valence-corrected chi connectivity index (χ1v) is 7.90. The largest absolute Gasteiger partial charge is 0.355 e. The van der Waals surface area contributed by atoms with E-state index in [9.17, 15) is 0 Å². The normalized spacial score (nSPS) is 11.4. The minimum atomic E-state index is 0.439. The minimum absolute atomic E-state index is 0.439. The van der Waals surface area contributed by atoms with Gasteiger partial charge in [-0.2, -0.15) is 0 Å². The maximum Gasteiger partial charge on any atom is 0.146 e. The van der Waals surface area contributed by atoms with Gasteiger partial charge < -0.3 is 9.47 Å². The highest BCUT2D eigenvalue weighted by molar-refractivity contribution is 9.09. The molecule has 0 aromatic rings. The Kier molecular flexibility index (Phi) is 16.3. The number of halogens is 1. The molecule has 0 fully saturated rings. The van der Waals surface area contributed by atoms with Gasteiger partial charge in [0.2, 0.25) is 0 Å². The van der Waals surface area contributed by atoms with Crippen molar-refractivity contribution in [3.05, 3.63) is 12.2 Å². The van der Waals surface area contributed by atoms with Crippen LogP contribution in [0.2, 0.25) is 0 Å². The molecule has 3 heteroatoms. The molecule has 0 bridgehead atoms. The molecule has 0 N–H and O–H groups in total. The van der Waals surface area contributed by atoms with Crippen molar-refractivity contribution < 1.29 is 9.47 Å².